The van der Waals surface area contributed by atoms with Crippen molar-refractivity contribution in [2.45, 2.75) is 17.9 Å². The Balaban J connectivity index is 1.97. The molecule has 0 aliphatic rings. The van der Waals surface area contributed by atoms with E-state index in [1.807, 2.05) is 17.8 Å². The molecule has 2 aromatic rings. The molecule has 2 rings (SSSR count). The summed E-state index contributed by atoms with van der Waals surface area (Å²) in [5.41, 5.74) is 2.89. The first-order valence-corrected chi connectivity index (χ1v) is 7.30. The minimum atomic E-state index is 0.221. The van der Waals surface area contributed by atoms with E-state index in [1.54, 1.807) is 11.3 Å². The fourth-order valence-electron chi connectivity index (χ4n) is 1.55. The first kappa shape index (κ1) is 12.6. The summed E-state index contributed by atoms with van der Waals surface area (Å²) >= 11 is 3.62. The van der Waals surface area contributed by atoms with Crippen LogP contribution in [0.3, 0.4) is 0 Å². The van der Waals surface area contributed by atoms with Crippen molar-refractivity contribution in [2.75, 3.05) is 5.75 Å². The van der Waals surface area contributed by atoms with Crippen LogP contribution in [-0.4, -0.2) is 5.75 Å². The van der Waals surface area contributed by atoms with Crippen LogP contribution in [-0.2, 0) is 0 Å². The number of nitrogens with two attached hydrogens (primary N) is 1. The van der Waals surface area contributed by atoms with Gasteiger partial charge in [0, 0.05) is 20.4 Å². The summed E-state index contributed by atoms with van der Waals surface area (Å²) in [6.07, 6.45) is 0. The fraction of sp³-hybridized carbons (Fsp3) is 0.231. The zero-order valence-corrected chi connectivity index (χ0v) is 11.4. The van der Waals surface area contributed by atoms with Gasteiger partial charge in [-0.15, -0.1) is 23.1 Å². The highest BCUT2D eigenvalue weighted by molar-refractivity contribution is 7.99. The molecular formula is C13H16N2S2. The summed E-state index contributed by atoms with van der Waals surface area (Å²) in [6.45, 7) is 2.12. The maximum absolute atomic E-state index is 5.62. The van der Waals surface area contributed by atoms with E-state index in [2.05, 4.69) is 48.7 Å². The lowest BCUT2D eigenvalue weighted by molar-refractivity contribution is 0.620. The second-order valence-corrected chi connectivity index (χ2v) is 6.20. The summed E-state index contributed by atoms with van der Waals surface area (Å²) in [4.78, 5) is 3.90. The normalized spacial score (nSPS) is 12.6. The van der Waals surface area contributed by atoms with Crippen LogP contribution in [0.1, 0.15) is 15.8 Å². The second-order valence-electron chi connectivity index (χ2n) is 3.79. The van der Waals surface area contributed by atoms with Crippen LogP contribution in [0.4, 0.5) is 0 Å². The predicted molar refractivity (Wildman–Crippen MR) is 76.3 cm³/mol. The maximum Gasteiger partial charge on any atom is 0.0647 e. The number of thiophene rings is 1. The lowest BCUT2D eigenvalue weighted by atomic mass is 10.3. The van der Waals surface area contributed by atoms with E-state index in [1.165, 1.54) is 14.6 Å². The summed E-state index contributed by atoms with van der Waals surface area (Å²) in [7, 11) is 0. The molecule has 0 aliphatic carbocycles. The molecule has 0 radical (unpaired) electrons. The van der Waals surface area contributed by atoms with Crippen LogP contribution >= 0.6 is 23.1 Å². The summed E-state index contributed by atoms with van der Waals surface area (Å²) in [5.74, 6) is 6.57. The van der Waals surface area contributed by atoms with Crippen LogP contribution in [0.15, 0.2) is 47.4 Å². The van der Waals surface area contributed by atoms with E-state index in [-0.39, 0.29) is 6.04 Å². The topological polar surface area (TPSA) is 38.0 Å². The summed E-state index contributed by atoms with van der Waals surface area (Å²) in [5, 5.41) is 0. The van der Waals surface area contributed by atoms with E-state index in [4.69, 9.17) is 5.84 Å². The SMILES string of the molecule is Cc1ccc(C(CSc2ccccc2)NN)s1. The number of hydrogen-bond acceptors (Lipinski definition) is 4. The molecule has 1 unspecified atom stereocenters. The molecule has 0 saturated carbocycles. The van der Waals surface area contributed by atoms with E-state index < -0.39 is 0 Å². The molecule has 4 heteroatoms. The number of benzene rings is 1. The van der Waals surface area contributed by atoms with Crippen molar-refractivity contribution in [3.63, 3.8) is 0 Å². The smallest absolute Gasteiger partial charge is 0.0647 e. The lowest BCUT2D eigenvalue weighted by Crippen LogP contribution is -2.29. The average Bonchev–Trinajstić information content (AvgIpc) is 2.78. The van der Waals surface area contributed by atoms with E-state index in [0.717, 1.165) is 5.75 Å². The average molecular weight is 264 g/mol. The highest BCUT2D eigenvalue weighted by Crippen LogP contribution is 2.28. The molecule has 1 heterocycles. The second kappa shape index (κ2) is 6.21. The van der Waals surface area contributed by atoms with Crippen LogP contribution in [0.5, 0.6) is 0 Å². The third-order valence-corrected chi connectivity index (χ3v) is 4.69. The Morgan fingerprint density at radius 1 is 1.24 bits per heavy atom. The van der Waals surface area contributed by atoms with Gasteiger partial charge in [0.05, 0.1) is 6.04 Å². The molecule has 17 heavy (non-hydrogen) atoms. The fourth-order valence-corrected chi connectivity index (χ4v) is 3.58. The van der Waals surface area contributed by atoms with E-state index >= 15 is 0 Å². The highest BCUT2D eigenvalue weighted by atomic mass is 32.2. The van der Waals surface area contributed by atoms with Crippen molar-refractivity contribution in [3.8, 4) is 0 Å². The number of aryl methyl sites for hydroxylation is 1. The molecule has 1 aromatic heterocycles. The van der Waals surface area contributed by atoms with Gasteiger partial charge in [-0.3, -0.25) is 11.3 Å². The predicted octanol–water partition coefficient (Wildman–Crippen LogP) is 3.35. The van der Waals surface area contributed by atoms with Crippen molar-refractivity contribution in [2.24, 2.45) is 5.84 Å². The first-order chi connectivity index (χ1) is 8.29. The quantitative estimate of drug-likeness (QED) is 0.494. The molecule has 3 N–H and O–H groups in total. The molecule has 0 saturated heterocycles. The molecule has 0 spiro atoms. The van der Waals surface area contributed by atoms with Crippen LogP contribution in [0.2, 0.25) is 0 Å². The highest BCUT2D eigenvalue weighted by Gasteiger charge is 2.11. The van der Waals surface area contributed by atoms with Gasteiger partial charge in [-0.2, -0.15) is 0 Å². The molecule has 0 fully saturated rings. The van der Waals surface area contributed by atoms with Crippen molar-refractivity contribution < 1.29 is 0 Å². The Morgan fingerprint density at radius 2 is 2.00 bits per heavy atom. The molecule has 90 valence electrons. The molecule has 0 aliphatic heterocycles. The van der Waals surface area contributed by atoms with Crippen LogP contribution in [0, 0.1) is 6.92 Å². The Labute approximate surface area is 110 Å². The third kappa shape index (κ3) is 3.57. The molecule has 1 atom stereocenters. The summed E-state index contributed by atoms with van der Waals surface area (Å²) < 4.78 is 0. The Kier molecular flexibility index (Phi) is 4.62. The van der Waals surface area contributed by atoms with Gasteiger partial charge in [-0.1, -0.05) is 18.2 Å². The zero-order chi connectivity index (χ0) is 12.1. The zero-order valence-electron chi connectivity index (χ0n) is 9.72. The standard InChI is InChI=1S/C13H16N2S2/c1-10-7-8-13(17-10)12(15-14)9-16-11-5-3-2-4-6-11/h2-8,12,15H,9,14H2,1H3. The van der Waals surface area contributed by atoms with Crippen molar-refractivity contribution in [1.29, 1.82) is 0 Å². The van der Waals surface area contributed by atoms with Crippen LogP contribution in [0.25, 0.3) is 0 Å². The van der Waals surface area contributed by atoms with Gasteiger partial charge in [0.15, 0.2) is 0 Å². The number of nitrogens with one attached hydrogen (secondary N) is 1. The lowest BCUT2D eigenvalue weighted by Gasteiger charge is -2.13. The number of hydrazine groups is 1. The first-order valence-electron chi connectivity index (χ1n) is 5.50. The van der Waals surface area contributed by atoms with Gasteiger partial charge in [-0.25, -0.2) is 0 Å². The third-order valence-electron chi connectivity index (χ3n) is 2.47. The molecular weight excluding hydrogens is 248 g/mol. The molecule has 2 nitrogen and oxygen atoms in total. The molecule has 0 bridgehead atoms. The minimum Gasteiger partial charge on any atom is -0.271 e. The monoisotopic (exact) mass is 264 g/mol. The Morgan fingerprint density at radius 3 is 2.59 bits per heavy atom. The van der Waals surface area contributed by atoms with Crippen molar-refractivity contribution in [1.82, 2.24) is 5.43 Å². The van der Waals surface area contributed by atoms with Gasteiger partial charge in [0.2, 0.25) is 0 Å². The van der Waals surface area contributed by atoms with Crippen molar-refractivity contribution in [3.05, 3.63) is 52.2 Å². The van der Waals surface area contributed by atoms with E-state index in [0.29, 0.717) is 0 Å². The van der Waals surface area contributed by atoms with Gasteiger partial charge < -0.3 is 0 Å². The number of thioether (sulfide) groups is 1. The van der Waals surface area contributed by atoms with Gasteiger partial charge in [0.25, 0.3) is 0 Å². The Hall–Kier alpha value is -0.810. The van der Waals surface area contributed by atoms with Gasteiger partial charge in [-0.05, 0) is 31.2 Å². The van der Waals surface area contributed by atoms with Crippen molar-refractivity contribution >= 4 is 23.1 Å². The van der Waals surface area contributed by atoms with E-state index in [9.17, 15) is 0 Å². The largest absolute Gasteiger partial charge is 0.271 e. The minimum absolute atomic E-state index is 0.221. The van der Waals surface area contributed by atoms with Crippen LogP contribution < -0.4 is 11.3 Å². The summed E-state index contributed by atoms with van der Waals surface area (Å²) in [6, 6.07) is 14.9. The van der Waals surface area contributed by atoms with Gasteiger partial charge >= 0.3 is 0 Å². The van der Waals surface area contributed by atoms with Gasteiger partial charge in [0.1, 0.15) is 0 Å². The maximum atomic E-state index is 5.62. The Bertz CT molecular complexity index is 453. The molecule has 1 aromatic carbocycles. The molecule has 0 amide bonds. The number of hydrogen-bond donors (Lipinski definition) is 2. The number of rotatable bonds is 5.